The van der Waals surface area contributed by atoms with Gasteiger partial charge in [-0.05, 0) is 44.4 Å². The molecule has 2 aromatic rings. The molecule has 0 bridgehead atoms. The molecule has 0 aliphatic heterocycles. The van der Waals surface area contributed by atoms with E-state index in [1.807, 2.05) is 51.1 Å². The molecule has 0 aromatic heterocycles. The van der Waals surface area contributed by atoms with Gasteiger partial charge in [-0.3, -0.25) is 9.59 Å². The van der Waals surface area contributed by atoms with Crippen molar-refractivity contribution < 1.29 is 14.7 Å². The summed E-state index contributed by atoms with van der Waals surface area (Å²) in [5.41, 5.74) is 0.702. The van der Waals surface area contributed by atoms with Crippen molar-refractivity contribution in [2.45, 2.75) is 38.5 Å². The normalized spacial score (nSPS) is 13.8. The first-order valence-electron chi connectivity index (χ1n) is 8.33. The molecule has 0 fully saturated rings. The quantitative estimate of drug-likeness (QED) is 0.847. The van der Waals surface area contributed by atoms with Gasteiger partial charge in [-0.1, -0.05) is 54.6 Å². The maximum absolute atomic E-state index is 12.8. The van der Waals surface area contributed by atoms with E-state index in [0.29, 0.717) is 5.56 Å². The van der Waals surface area contributed by atoms with E-state index in [-0.39, 0.29) is 12.5 Å². The van der Waals surface area contributed by atoms with Gasteiger partial charge in [0.15, 0.2) is 0 Å². The Bertz CT molecular complexity index is 768. The van der Waals surface area contributed by atoms with Crippen molar-refractivity contribution in [3.63, 3.8) is 0 Å². The number of aliphatic carboxylic acids is 1. The van der Waals surface area contributed by atoms with Gasteiger partial charge in [0.05, 0.1) is 5.41 Å². The second-order valence-electron chi connectivity index (χ2n) is 7.13. The van der Waals surface area contributed by atoms with Crippen LogP contribution in [0, 0.1) is 6.92 Å². The number of nitrogens with one attached hydrogen (secondary N) is 1. The molecule has 4 nitrogen and oxygen atoms in total. The zero-order chi connectivity index (χ0) is 18.7. The molecule has 2 N–H and O–H groups in total. The molecule has 0 aliphatic carbocycles. The number of hydrogen-bond donors (Lipinski definition) is 2. The lowest BCUT2D eigenvalue weighted by Crippen LogP contribution is -2.49. The highest BCUT2D eigenvalue weighted by molar-refractivity contribution is 5.89. The molecule has 1 atom stereocenters. The third-order valence-electron chi connectivity index (χ3n) is 4.87. The van der Waals surface area contributed by atoms with Crippen molar-refractivity contribution in [3.05, 3.63) is 71.3 Å². The first-order valence-corrected chi connectivity index (χ1v) is 8.33. The van der Waals surface area contributed by atoms with E-state index in [1.165, 1.54) is 0 Å². The van der Waals surface area contributed by atoms with Crippen LogP contribution in [0.2, 0.25) is 0 Å². The van der Waals surface area contributed by atoms with Crippen LogP contribution < -0.4 is 5.32 Å². The number of carboxylic acids is 1. The second kappa shape index (κ2) is 7.09. The van der Waals surface area contributed by atoms with Crippen LogP contribution in [0.1, 0.15) is 37.5 Å². The molecule has 0 aliphatic rings. The van der Waals surface area contributed by atoms with E-state index in [2.05, 4.69) is 5.32 Å². The van der Waals surface area contributed by atoms with Gasteiger partial charge in [-0.15, -0.1) is 0 Å². The van der Waals surface area contributed by atoms with E-state index >= 15 is 0 Å². The lowest BCUT2D eigenvalue weighted by molar-refractivity contribution is -0.143. The molecule has 0 saturated carbocycles. The largest absolute Gasteiger partial charge is 0.481 e. The number of carbonyl (C=O) groups is 2. The lowest BCUT2D eigenvalue weighted by Gasteiger charge is -2.30. The minimum atomic E-state index is -1.18. The van der Waals surface area contributed by atoms with Crippen molar-refractivity contribution in [1.29, 1.82) is 0 Å². The summed E-state index contributed by atoms with van der Waals surface area (Å²) in [4.78, 5) is 24.7. The van der Waals surface area contributed by atoms with Crippen LogP contribution in [-0.2, 0) is 20.4 Å². The van der Waals surface area contributed by atoms with Crippen LogP contribution in [-0.4, -0.2) is 23.5 Å². The summed E-state index contributed by atoms with van der Waals surface area (Å²) in [6.45, 7) is 7.33. The first kappa shape index (κ1) is 18.7. The Morgan fingerprint density at radius 3 is 2.08 bits per heavy atom. The Morgan fingerprint density at radius 1 is 0.960 bits per heavy atom. The predicted octanol–water partition coefficient (Wildman–Crippen LogP) is 3.43. The SMILES string of the molecule is Cc1ccccc1C(C)(C)C(=O)NCC(C)(C(=O)O)c1ccccc1. The number of aryl methyl sites for hydroxylation is 1. The first-order chi connectivity index (χ1) is 11.7. The van der Waals surface area contributed by atoms with Crippen LogP contribution in [0.4, 0.5) is 0 Å². The molecule has 4 heteroatoms. The molecule has 25 heavy (non-hydrogen) atoms. The highest BCUT2D eigenvalue weighted by atomic mass is 16.4. The number of carboxylic acid groups (broad SMARTS) is 1. The van der Waals surface area contributed by atoms with Crippen molar-refractivity contribution in [2.75, 3.05) is 6.54 Å². The van der Waals surface area contributed by atoms with Crippen molar-refractivity contribution in [2.24, 2.45) is 0 Å². The minimum absolute atomic E-state index is 0.0283. The highest BCUT2D eigenvalue weighted by Gasteiger charge is 2.38. The molecule has 132 valence electrons. The summed E-state index contributed by atoms with van der Waals surface area (Å²) < 4.78 is 0. The summed E-state index contributed by atoms with van der Waals surface area (Å²) in [5, 5.41) is 12.6. The Labute approximate surface area is 148 Å². The Morgan fingerprint density at radius 2 is 1.52 bits per heavy atom. The molecular formula is C21H25NO3. The zero-order valence-electron chi connectivity index (χ0n) is 15.2. The third kappa shape index (κ3) is 3.73. The molecule has 2 rings (SSSR count). The third-order valence-corrected chi connectivity index (χ3v) is 4.87. The number of carbonyl (C=O) groups excluding carboxylic acids is 1. The van der Waals surface area contributed by atoms with E-state index in [4.69, 9.17) is 0 Å². The molecule has 0 heterocycles. The van der Waals surface area contributed by atoms with Crippen molar-refractivity contribution in [3.8, 4) is 0 Å². The zero-order valence-corrected chi connectivity index (χ0v) is 15.2. The van der Waals surface area contributed by atoms with E-state index < -0.39 is 16.8 Å². The number of rotatable bonds is 6. The Balaban J connectivity index is 2.22. The summed E-state index contributed by atoms with van der Waals surface area (Å²) in [5.74, 6) is -1.15. The number of amides is 1. The fraction of sp³-hybridized carbons (Fsp3) is 0.333. The van der Waals surface area contributed by atoms with Gasteiger partial charge < -0.3 is 10.4 Å². The standard InChI is InChI=1S/C21H25NO3/c1-15-10-8-9-13-17(15)20(2,3)18(23)22-14-21(4,19(24)25)16-11-6-5-7-12-16/h5-13H,14H2,1-4H3,(H,22,23)(H,24,25). The summed E-state index contributed by atoms with van der Waals surface area (Å²) in [6.07, 6.45) is 0. The molecule has 0 radical (unpaired) electrons. The maximum atomic E-state index is 12.8. The maximum Gasteiger partial charge on any atom is 0.315 e. The Kier molecular flexibility index (Phi) is 5.31. The van der Waals surface area contributed by atoms with Crippen molar-refractivity contribution in [1.82, 2.24) is 5.32 Å². The smallest absolute Gasteiger partial charge is 0.315 e. The van der Waals surface area contributed by atoms with Gasteiger partial charge in [-0.2, -0.15) is 0 Å². The van der Waals surface area contributed by atoms with Gasteiger partial charge in [0.1, 0.15) is 5.41 Å². The highest BCUT2D eigenvalue weighted by Crippen LogP contribution is 2.28. The van der Waals surface area contributed by atoms with Crippen LogP contribution in [0.25, 0.3) is 0 Å². The topological polar surface area (TPSA) is 66.4 Å². The average Bonchev–Trinajstić information content (AvgIpc) is 2.60. The summed E-state index contributed by atoms with van der Waals surface area (Å²) >= 11 is 0. The predicted molar refractivity (Wildman–Crippen MR) is 98.6 cm³/mol. The molecule has 1 amide bonds. The van der Waals surface area contributed by atoms with Gasteiger partial charge in [0.25, 0.3) is 0 Å². The number of benzene rings is 2. The molecular weight excluding hydrogens is 314 g/mol. The van der Waals surface area contributed by atoms with Gasteiger partial charge in [-0.25, -0.2) is 0 Å². The average molecular weight is 339 g/mol. The molecule has 0 saturated heterocycles. The van der Waals surface area contributed by atoms with Crippen LogP contribution in [0.15, 0.2) is 54.6 Å². The van der Waals surface area contributed by atoms with E-state index in [1.54, 1.807) is 31.2 Å². The van der Waals surface area contributed by atoms with Crippen LogP contribution in [0.5, 0.6) is 0 Å². The monoisotopic (exact) mass is 339 g/mol. The summed E-state index contributed by atoms with van der Waals surface area (Å²) in [6, 6.07) is 16.7. The summed E-state index contributed by atoms with van der Waals surface area (Å²) in [7, 11) is 0. The fourth-order valence-corrected chi connectivity index (χ4v) is 2.98. The van der Waals surface area contributed by atoms with Gasteiger partial charge >= 0.3 is 5.97 Å². The fourth-order valence-electron chi connectivity index (χ4n) is 2.98. The van der Waals surface area contributed by atoms with Crippen molar-refractivity contribution >= 4 is 11.9 Å². The van der Waals surface area contributed by atoms with Gasteiger partial charge in [0, 0.05) is 6.54 Å². The Hall–Kier alpha value is -2.62. The molecule has 1 unspecified atom stereocenters. The minimum Gasteiger partial charge on any atom is -0.481 e. The second-order valence-corrected chi connectivity index (χ2v) is 7.13. The molecule has 0 spiro atoms. The lowest BCUT2D eigenvalue weighted by atomic mass is 9.79. The van der Waals surface area contributed by atoms with E-state index in [0.717, 1.165) is 11.1 Å². The van der Waals surface area contributed by atoms with Gasteiger partial charge in [0.2, 0.25) is 5.91 Å². The van der Waals surface area contributed by atoms with E-state index in [9.17, 15) is 14.7 Å². The van der Waals surface area contributed by atoms with Crippen LogP contribution in [0.3, 0.4) is 0 Å². The number of hydrogen-bond acceptors (Lipinski definition) is 2. The molecule has 2 aromatic carbocycles. The van der Waals surface area contributed by atoms with Crippen LogP contribution >= 0.6 is 0 Å².